The summed E-state index contributed by atoms with van der Waals surface area (Å²) in [7, 11) is 0. The van der Waals surface area contributed by atoms with Gasteiger partial charge in [0.1, 0.15) is 10.7 Å². The predicted molar refractivity (Wildman–Crippen MR) is 83.0 cm³/mol. The Kier molecular flexibility index (Phi) is 2.67. The van der Waals surface area contributed by atoms with Crippen molar-refractivity contribution in [2.24, 2.45) is 0 Å². The smallest absolute Gasteiger partial charge is 0.260 e. The summed E-state index contributed by atoms with van der Waals surface area (Å²) >= 11 is 13.3. The van der Waals surface area contributed by atoms with Gasteiger partial charge >= 0.3 is 0 Å². The molecule has 3 aromatic rings. The lowest BCUT2D eigenvalue weighted by Gasteiger charge is -2.01. The van der Waals surface area contributed by atoms with Gasteiger partial charge in [0.25, 0.3) is 5.56 Å². The summed E-state index contributed by atoms with van der Waals surface area (Å²) in [6, 6.07) is 5.79. The van der Waals surface area contributed by atoms with Crippen molar-refractivity contribution in [1.82, 2.24) is 9.97 Å². The third-order valence-electron chi connectivity index (χ3n) is 3.50. The van der Waals surface area contributed by atoms with Crippen LogP contribution in [0.4, 0.5) is 0 Å². The first kappa shape index (κ1) is 12.4. The number of alkyl halides is 1. The monoisotopic (exact) mass is 322 g/mol. The van der Waals surface area contributed by atoms with Gasteiger partial charge in [0.2, 0.25) is 0 Å². The lowest BCUT2D eigenvalue weighted by molar-refractivity contribution is 1.04. The summed E-state index contributed by atoms with van der Waals surface area (Å²) in [5.74, 6) is 0.723. The first-order valence-corrected chi connectivity index (χ1v) is 7.79. The van der Waals surface area contributed by atoms with Crippen LogP contribution >= 0.6 is 34.5 Å². The number of aromatic amines is 1. The topological polar surface area (TPSA) is 45.8 Å². The maximum atomic E-state index is 12.3. The van der Waals surface area contributed by atoms with Gasteiger partial charge < -0.3 is 4.98 Å². The number of hydrogen-bond donors (Lipinski definition) is 1. The minimum Gasteiger partial charge on any atom is -0.309 e. The van der Waals surface area contributed by atoms with E-state index in [-0.39, 0.29) is 11.4 Å². The van der Waals surface area contributed by atoms with Crippen molar-refractivity contribution < 1.29 is 0 Å². The van der Waals surface area contributed by atoms with Crippen LogP contribution in [0.2, 0.25) is 5.02 Å². The predicted octanol–water partition coefficient (Wildman–Crippen LogP) is 3.95. The van der Waals surface area contributed by atoms with Gasteiger partial charge in [0.15, 0.2) is 0 Å². The number of halogens is 2. The van der Waals surface area contributed by atoms with Crippen LogP contribution in [0.25, 0.3) is 21.3 Å². The summed E-state index contributed by atoms with van der Waals surface area (Å²) in [6.45, 7) is 0. The van der Waals surface area contributed by atoms with Crippen molar-refractivity contribution in [2.75, 3.05) is 0 Å². The van der Waals surface area contributed by atoms with Gasteiger partial charge in [-0.3, -0.25) is 4.79 Å². The maximum Gasteiger partial charge on any atom is 0.260 e. The van der Waals surface area contributed by atoms with Crippen molar-refractivity contribution in [3.8, 4) is 11.1 Å². The molecule has 0 saturated carbocycles. The van der Waals surface area contributed by atoms with Crippen molar-refractivity contribution in [2.45, 2.75) is 12.3 Å². The number of H-pyrrole nitrogens is 1. The van der Waals surface area contributed by atoms with Crippen molar-refractivity contribution in [3.63, 3.8) is 0 Å². The Morgan fingerprint density at radius 2 is 2.25 bits per heavy atom. The van der Waals surface area contributed by atoms with Crippen LogP contribution in [0.15, 0.2) is 23.0 Å². The summed E-state index contributed by atoms with van der Waals surface area (Å²) in [5, 5.41) is 1.39. The molecule has 1 aliphatic rings. The molecule has 0 fully saturated rings. The highest BCUT2D eigenvalue weighted by molar-refractivity contribution is 7.19. The van der Waals surface area contributed by atoms with E-state index in [0.29, 0.717) is 11.2 Å². The second kappa shape index (κ2) is 4.32. The molecule has 1 aromatic carbocycles. The van der Waals surface area contributed by atoms with E-state index in [4.69, 9.17) is 23.2 Å². The second-order valence-electron chi connectivity index (χ2n) is 4.70. The molecule has 0 spiro atoms. The Labute approximate surface area is 128 Å². The van der Waals surface area contributed by atoms with Gasteiger partial charge in [-0.25, -0.2) is 4.98 Å². The molecule has 0 unspecified atom stereocenters. The number of aromatic nitrogens is 2. The number of nitrogens with zero attached hydrogens (tertiary/aromatic N) is 1. The Hall–Kier alpha value is -1.36. The fourth-order valence-corrected chi connectivity index (χ4v) is 4.25. The summed E-state index contributed by atoms with van der Waals surface area (Å²) in [5.41, 5.74) is 3.14. The molecule has 0 bridgehead atoms. The molecular formula is C14H8Cl2N2OS. The molecular weight excluding hydrogens is 315 g/mol. The van der Waals surface area contributed by atoms with Crippen LogP contribution in [0.5, 0.6) is 0 Å². The molecule has 0 amide bonds. The van der Waals surface area contributed by atoms with E-state index in [2.05, 4.69) is 9.97 Å². The third-order valence-corrected chi connectivity index (χ3v) is 5.07. The minimum absolute atomic E-state index is 0.119. The van der Waals surface area contributed by atoms with Crippen molar-refractivity contribution >= 4 is 44.8 Å². The molecule has 0 aliphatic heterocycles. The standard InChI is InChI=1S/C14H8Cl2N2OS/c15-5-10-17-13(19)12-11-8-2-1-7(16)3-6(8)4-9(11)20-14(12)18-10/h1-3H,4-5H2,(H,17,18,19). The fourth-order valence-electron chi connectivity index (χ4n) is 2.70. The third kappa shape index (κ3) is 1.65. The molecule has 1 aliphatic carbocycles. The minimum atomic E-state index is -0.119. The Balaban J connectivity index is 2.08. The zero-order valence-corrected chi connectivity index (χ0v) is 12.5. The highest BCUT2D eigenvalue weighted by Crippen LogP contribution is 2.45. The van der Waals surface area contributed by atoms with Gasteiger partial charge in [-0.1, -0.05) is 17.7 Å². The van der Waals surface area contributed by atoms with Crippen LogP contribution < -0.4 is 5.56 Å². The Morgan fingerprint density at radius 1 is 1.40 bits per heavy atom. The largest absolute Gasteiger partial charge is 0.309 e. The Bertz CT molecular complexity index is 913. The zero-order valence-electron chi connectivity index (χ0n) is 10.2. The average Bonchev–Trinajstić information content (AvgIpc) is 2.92. The molecule has 0 radical (unpaired) electrons. The highest BCUT2D eigenvalue weighted by atomic mass is 35.5. The number of benzene rings is 1. The Morgan fingerprint density at radius 3 is 3.05 bits per heavy atom. The van der Waals surface area contributed by atoms with Gasteiger partial charge in [0, 0.05) is 21.9 Å². The summed E-state index contributed by atoms with van der Waals surface area (Å²) in [6.07, 6.45) is 0.807. The number of fused-ring (bicyclic) bond motifs is 5. The molecule has 4 rings (SSSR count). The summed E-state index contributed by atoms with van der Waals surface area (Å²) < 4.78 is 0. The van der Waals surface area contributed by atoms with Gasteiger partial charge in [0.05, 0.1) is 11.3 Å². The number of hydrogen-bond acceptors (Lipinski definition) is 3. The number of nitrogens with one attached hydrogen (secondary N) is 1. The van der Waals surface area contributed by atoms with Crippen molar-refractivity contribution in [3.05, 3.63) is 49.8 Å². The van der Waals surface area contributed by atoms with Crippen LogP contribution in [-0.2, 0) is 12.3 Å². The van der Waals surface area contributed by atoms with E-state index >= 15 is 0 Å². The first-order valence-electron chi connectivity index (χ1n) is 6.06. The molecule has 20 heavy (non-hydrogen) atoms. The van der Waals surface area contributed by atoms with Crippen molar-refractivity contribution in [1.29, 1.82) is 0 Å². The van der Waals surface area contributed by atoms with E-state index < -0.39 is 0 Å². The first-order chi connectivity index (χ1) is 9.67. The van der Waals surface area contributed by atoms with Gasteiger partial charge in [-0.05, 0) is 23.3 Å². The van der Waals surface area contributed by atoms with Crippen LogP contribution in [-0.4, -0.2) is 9.97 Å². The zero-order chi connectivity index (χ0) is 13.9. The van der Waals surface area contributed by atoms with E-state index in [1.807, 2.05) is 18.2 Å². The van der Waals surface area contributed by atoms with Gasteiger partial charge in [-0.15, -0.1) is 22.9 Å². The molecule has 100 valence electrons. The number of thiophene rings is 1. The van der Waals surface area contributed by atoms with Crippen LogP contribution in [0.3, 0.4) is 0 Å². The highest BCUT2D eigenvalue weighted by Gasteiger charge is 2.26. The summed E-state index contributed by atoms with van der Waals surface area (Å²) in [4.78, 5) is 21.4. The maximum absolute atomic E-state index is 12.3. The number of rotatable bonds is 1. The molecule has 2 aromatic heterocycles. The fraction of sp³-hybridized carbons (Fsp3) is 0.143. The molecule has 2 heterocycles. The SMILES string of the molecule is O=c1[nH]c(CCl)nc2sc3c(c12)-c1ccc(Cl)cc1C3. The van der Waals surface area contributed by atoms with Gasteiger partial charge in [-0.2, -0.15) is 0 Å². The molecule has 0 saturated heterocycles. The van der Waals surface area contributed by atoms with E-state index in [0.717, 1.165) is 27.4 Å². The normalized spacial score (nSPS) is 12.7. The average molecular weight is 323 g/mol. The lowest BCUT2D eigenvalue weighted by Crippen LogP contribution is -2.10. The molecule has 0 atom stereocenters. The molecule has 1 N–H and O–H groups in total. The second-order valence-corrected chi connectivity index (χ2v) is 6.49. The van der Waals surface area contributed by atoms with E-state index in [1.165, 1.54) is 10.4 Å². The van der Waals surface area contributed by atoms with Crippen LogP contribution in [0, 0.1) is 0 Å². The van der Waals surface area contributed by atoms with E-state index in [9.17, 15) is 4.79 Å². The van der Waals surface area contributed by atoms with E-state index in [1.54, 1.807) is 11.3 Å². The molecule has 6 heteroatoms. The quantitative estimate of drug-likeness (QED) is 0.539. The lowest BCUT2D eigenvalue weighted by atomic mass is 10.1. The molecule has 3 nitrogen and oxygen atoms in total. The van der Waals surface area contributed by atoms with Crippen LogP contribution in [0.1, 0.15) is 16.3 Å².